The van der Waals surface area contributed by atoms with E-state index >= 15 is 0 Å². The van der Waals surface area contributed by atoms with Crippen molar-refractivity contribution in [1.82, 2.24) is 9.29 Å². The monoisotopic (exact) mass is 406 g/mol. The predicted molar refractivity (Wildman–Crippen MR) is 106 cm³/mol. The summed E-state index contributed by atoms with van der Waals surface area (Å²) in [6.45, 7) is 6.65. The summed E-state index contributed by atoms with van der Waals surface area (Å²) in [7, 11) is -2.04. The van der Waals surface area contributed by atoms with Crippen molar-refractivity contribution in [3.8, 4) is 0 Å². The summed E-state index contributed by atoms with van der Waals surface area (Å²) in [5.41, 5.74) is 2.19. The molecule has 0 saturated heterocycles. The van der Waals surface area contributed by atoms with Crippen LogP contribution in [0.15, 0.2) is 41.3 Å². The smallest absolute Gasteiger partial charge is 0.324 e. The van der Waals surface area contributed by atoms with E-state index in [1.807, 2.05) is 25.5 Å². The van der Waals surface area contributed by atoms with Crippen LogP contribution >= 0.6 is 0 Å². The second-order valence-corrected chi connectivity index (χ2v) is 8.74. The fourth-order valence-electron chi connectivity index (χ4n) is 2.73. The highest BCUT2D eigenvalue weighted by molar-refractivity contribution is 7.89. The first-order valence-corrected chi connectivity index (χ1v) is 10.4. The maximum absolute atomic E-state index is 12.5. The Labute approximate surface area is 165 Å². The van der Waals surface area contributed by atoms with Crippen molar-refractivity contribution in [2.75, 3.05) is 6.61 Å². The molecule has 0 spiro atoms. The first kappa shape index (κ1) is 21.8. The van der Waals surface area contributed by atoms with Crippen LogP contribution in [0.25, 0.3) is 0 Å². The second kappa shape index (κ2) is 8.70. The largest absolute Gasteiger partial charge is 0.456 e. The number of carbonyl (C=O) groups excluding carboxylic acids is 2. The third-order valence-corrected chi connectivity index (χ3v) is 6.13. The molecule has 0 unspecified atom stereocenters. The summed E-state index contributed by atoms with van der Waals surface area (Å²) >= 11 is 0. The first-order valence-electron chi connectivity index (χ1n) is 8.94. The van der Waals surface area contributed by atoms with E-state index in [4.69, 9.17) is 4.74 Å². The molecule has 1 N–H and O–H groups in total. The number of sulfonamides is 1. The lowest BCUT2D eigenvalue weighted by Crippen LogP contribution is -2.45. The van der Waals surface area contributed by atoms with E-state index < -0.39 is 28.6 Å². The number of nitrogens with one attached hydrogen (secondary N) is 1. The zero-order valence-corrected chi connectivity index (χ0v) is 17.5. The minimum atomic E-state index is -3.89. The average Bonchev–Trinajstić information content (AvgIpc) is 2.92. The molecule has 0 aliphatic rings. The van der Waals surface area contributed by atoms with Crippen LogP contribution in [0.2, 0.25) is 0 Å². The van der Waals surface area contributed by atoms with Crippen LogP contribution in [0, 0.1) is 19.8 Å². The van der Waals surface area contributed by atoms with Crippen molar-refractivity contribution < 1.29 is 22.7 Å². The van der Waals surface area contributed by atoms with Gasteiger partial charge in [0.05, 0.1) is 4.90 Å². The zero-order chi connectivity index (χ0) is 21.1. The van der Waals surface area contributed by atoms with Gasteiger partial charge in [-0.05, 0) is 38.0 Å². The van der Waals surface area contributed by atoms with E-state index in [0.717, 1.165) is 11.4 Å². The molecular weight excluding hydrogens is 380 g/mol. The molecule has 28 heavy (non-hydrogen) atoms. The number of aromatic nitrogens is 1. The topological polar surface area (TPSA) is 94.5 Å². The lowest BCUT2D eigenvalue weighted by Gasteiger charge is -2.20. The van der Waals surface area contributed by atoms with Crippen molar-refractivity contribution in [3.05, 3.63) is 53.3 Å². The summed E-state index contributed by atoms with van der Waals surface area (Å²) in [6.07, 6.45) is 0. The molecule has 1 heterocycles. The number of nitrogens with zero attached hydrogens (tertiary/aromatic N) is 1. The van der Waals surface area contributed by atoms with Crippen molar-refractivity contribution in [2.45, 2.75) is 38.6 Å². The SMILES string of the molecule is Cc1cc(C(=O)COC(=O)[C@@H](NS(=O)(=O)c2ccccc2)C(C)C)c(C)n1C. The van der Waals surface area contributed by atoms with Crippen LogP contribution in [-0.2, 0) is 26.6 Å². The Morgan fingerprint density at radius 3 is 2.25 bits per heavy atom. The molecule has 0 amide bonds. The number of hydrogen-bond acceptors (Lipinski definition) is 5. The highest BCUT2D eigenvalue weighted by Gasteiger charge is 2.30. The Kier molecular flexibility index (Phi) is 6.79. The van der Waals surface area contributed by atoms with Gasteiger partial charge in [0.15, 0.2) is 6.61 Å². The normalized spacial score (nSPS) is 12.8. The molecular formula is C20H26N2O5S. The third-order valence-electron chi connectivity index (χ3n) is 4.68. The number of carbonyl (C=O) groups is 2. The number of benzene rings is 1. The standard InChI is InChI=1S/C20H26N2O5S/c1-13(2)19(21-28(25,26)16-9-7-6-8-10-16)20(24)27-12-18(23)17-11-14(3)22(5)15(17)4/h6-11,13,19,21H,12H2,1-5H3/t19-/m0/s1. The lowest BCUT2D eigenvalue weighted by molar-refractivity contribution is -0.145. The van der Waals surface area contributed by atoms with Gasteiger partial charge in [-0.1, -0.05) is 32.0 Å². The minimum Gasteiger partial charge on any atom is -0.456 e. The van der Waals surface area contributed by atoms with Crippen LogP contribution in [0.3, 0.4) is 0 Å². The van der Waals surface area contributed by atoms with Crippen molar-refractivity contribution in [2.24, 2.45) is 13.0 Å². The zero-order valence-electron chi connectivity index (χ0n) is 16.7. The molecule has 0 aliphatic heterocycles. The number of hydrogen-bond donors (Lipinski definition) is 1. The Hall–Kier alpha value is -2.45. The van der Waals surface area contributed by atoms with Crippen molar-refractivity contribution >= 4 is 21.8 Å². The second-order valence-electron chi connectivity index (χ2n) is 7.03. The van der Waals surface area contributed by atoms with Gasteiger partial charge >= 0.3 is 5.97 Å². The molecule has 1 aromatic carbocycles. The Bertz CT molecular complexity index is 962. The first-order chi connectivity index (χ1) is 13.0. The molecule has 0 saturated carbocycles. The number of ether oxygens (including phenoxy) is 1. The predicted octanol–water partition coefficient (Wildman–Crippen LogP) is 2.37. The number of esters is 1. The van der Waals surface area contributed by atoms with Crippen LogP contribution in [0.1, 0.15) is 35.6 Å². The number of ketones is 1. The number of aryl methyl sites for hydroxylation is 1. The molecule has 7 nitrogen and oxygen atoms in total. The van der Waals surface area contributed by atoms with Gasteiger partial charge in [-0.15, -0.1) is 0 Å². The molecule has 2 rings (SSSR count). The molecule has 1 atom stereocenters. The van der Waals surface area contributed by atoms with Gasteiger partial charge in [-0.2, -0.15) is 4.72 Å². The number of Topliss-reactive ketones (excluding diaryl/α,β-unsaturated/α-hetero) is 1. The molecule has 0 radical (unpaired) electrons. The summed E-state index contributed by atoms with van der Waals surface area (Å²) in [5, 5.41) is 0. The average molecular weight is 407 g/mol. The van der Waals surface area contributed by atoms with E-state index in [1.165, 1.54) is 12.1 Å². The quantitative estimate of drug-likeness (QED) is 0.536. The highest BCUT2D eigenvalue weighted by Crippen LogP contribution is 2.15. The van der Waals surface area contributed by atoms with Gasteiger partial charge in [0, 0.05) is 24.0 Å². The van der Waals surface area contributed by atoms with Crippen LogP contribution < -0.4 is 4.72 Å². The molecule has 8 heteroatoms. The summed E-state index contributed by atoms with van der Waals surface area (Å²) in [5.74, 6) is -1.47. The summed E-state index contributed by atoms with van der Waals surface area (Å²) in [6, 6.07) is 8.41. The van der Waals surface area contributed by atoms with Crippen molar-refractivity contribution in [3.63, 3.8) is 0 Å². The Morgan fingerprint density at radius 2 is 1.75 bits per heavy atom. The van der Waals surface area contributed by atoms with Gasteiger partial charge in [-0.3, -0.25) is 9.59 Å². The molecule has 0 fully saturated rings. The summed E-state index contributed by atoms with van der Waals surface area (Å²) in [4.78, 5) is 24.9. The molecule has 1 aromatic heterocycles. The lowest BCUT2D eigenvalue weighted by atomic mass is 10.1. The fourth-order valence-corrected chi connectivity index (χ4v) is 4.09. The Morgan fingerprint density at radius 1 is 1.14 bits per heavy atom. The maximum atomic E-state index is 12.5. The van der Waals surface area contributed by atoms with Crippen LogP contribution in [0.4, 0.5) is 0 Å². The molecule has 2 aromatic rings. The van der Waals surface area contributed by atoms with E-state index in [-0.39, 0.29) is 16.6 Å². The van der Waals surface area contributed by atoms with Crippen LogP contribution in [0.5, 0.6) is 0 Å². The highest BCUT2D eigenvalue weighted by atomic mass is 32.2. The van der Waals surface area contributed by atoms with E-state index in [2.05, 4.69) is 4.72 Å². The van der Waals surface area contributed by atoms with E-state index in [0.29, 0.717) is 5.56 Å². The molecule has 0 aliphatic carbocycles. The van der Waals surface area contributed by atoms with Gasteiger partial charge in [0.1, 0.15) is 6.04 Å². The van der Waals surface area contributed by atoms with Gasteiger partial charge in [0.25, 0.3) is 0 Å². The summed E-state index contributed by atoms with van der Waals surface area (Å²) < 4.78 is 34.4. The van der Waals surface area contributed by atoms with Crippen LogP contribution in [-0.4, -0.2) is 37.4 Å². The molecule has 152 valence electrons. The molecule has 0 bridgehead atoms. The Balaban J connectivity index is 2.09. The van der Waals surface area contributed by atoms with E-state index in [1.54, 1.807) is 38.1 Å². The van der Waals surface area contributed by atoms with Gasteiger partial charge in [-0.25, -0.2) is 8.42 Å². The maximum Gasteiger partial charge on any atom is 0.324 e. The van der Waals surface area contributed by atoms with Crippen molar-refractivity contribution in [1.29, 1.82) is 0 Å². The van der Waals surface area contributed by atoms with E-state index in [9.17, 15) is 18.0 Å². The number of rotatable bonds is 8. The third kappa shape index (κ3) is 4.88. The van der Waals surface area contributed by atoms with Gasteiger partial charge in [0.2, 0.25) is 15.8 Å². The van der Waals surface area contributed by atoms with Gasteiger partial charge < -0.3 is 9.30 Å². The fraction of sp³-hybridized carbons (Fsp3) is 0.400. The minimum absolute atomic E-state index is 0.0555.